The average molecular weight is 764 g/mol. The van der Waals surface area contributed by atoms with Crippen molar-refractivity contribution in [2.45, 2.75) is 51.4 Å². The molecule has 0 saturated carbocycles. The van der Waals surface area contributed by atoms with Crippen LogP contribution in [0.15, 0.2) is 156 Å². The molecule has 0 saturated heterocycles. The van der Waals surface area contributed by atoms with Crippen LogP contribution in [0, 0.1) is 0 Å². The number of aromatic nitrogens is 5. The molecule has 0 unspecified atom stereocenters. The van der Waals surface area contributed by atoms with Crippen LogP contribution in [0.3, 0.4) is 0 Å². The molecule has 7 aromatic carbocycles. The maximum atomic E-state index is 6.37. The van der Waals surface area contributed by atoms with Gasteiger partial charge in [-0.1, -0.05) is 119 Å². The topological polar surface area (TPSA) is 61.7 Å². The standard InChI is InChI=1S/C53H41N5O/c1-52(2)25-26-53(3,4)42-30-44-40(29-41(42)52)39-28-38-35-19-11-13-21-43(35)57(34-17-9-6-10-18-34)45(38)31-46(39)58(44)51-55-49(32-15-7-5-8-16-32)54-50(56-51)33-23-24-37-36-20-12-14-22-47(36)59-48(37)27-33/h5-24,27-31H,25-26H2,1-4H3. The molecule has 59 heavy (non-hydrogen) atoms. The number of nitrogens with zero attached hydrogens (tertiary/aromatic N) is 5. The first-order chi connectivity index (χ1) is 28.7. The summed E-state index contributed by atoms with van der Waals surface area (Å²) in [7, 11) is 0. The Balaban J connectivity index is 1.21. The summed E-state index contributed by atoms with van der Waals surface area (Å²) in [5.41, 5.74) is 11.9. The van der Waals surface area contributed by atoms with E-state index in [1.807, 2.05) is 36.4 Å². The maximum Gasteiger partial charge on any atom is 0.238 e. The second-order valence-electron chi connectivity index (χ2n) is 17.6. The van der Waals surface area contributed by atoms with Gasteiger partial charge in [0, 0.05) is 49.1 Å². The zero-order chi connectivity index (χ0) is 39.6. The number of hydrogen-bond donors (Lipinski definition) is 0. The summed E-state index contributed by atoms with van der Waals surface area (Å²) < 4.78 is 11.1. The number of furan rings is 1. The van der Waals surface area contributed by atoms with Crippen molar-refractivity contribution in [1.82, 2.24) is 24.1 Å². The van der Waals surface area contributed by atoms with Gasteiger partial charge in [0.25, 0.3) is 0 Å². The second kappa shape index (κ2) is 12.2. The first-order valence-corrected chi connectivity index (χ1v) is 20.6. The largest absolute Gasteiger partial charge is 0.456 e. The van der Waals surface area contributed by atoms with Crippen LogP contribution in [0.5, 0.6) is 0 Å². The smallest absolute Gasteiger partial charge is 0.238 e. The number of rotatable bonds is 4. The van der Waals surface area contributed by atoms with Gasteiger partial charge in [-0.2, -0.15) is 9.97 Å². The zero-order valence-corrected chi connectivity index (χ0v) is 33.5. The van der Waals surface area contributed by atoms with Crippen LogP contribution in [0.2, 0.25) is 0 Å². The molecular formula is C53H41N5O. The van der Waals surface area contributed by atoms with Crippen LogP contribution in [0.4, 0.5) is 0 Å². The molecule has 0 N–H and O–H groups in total. The van der Waals surface area contributed by atoms with E-state index < -0.39 is 0 Å². The van der Waals surface area contributed by atoms with Crippen molar-refractivity contribution in [3.63, 3.8) is 0 Å². The van der Waals surface area contributed by atoms with E-state index in [1.54, 1.807) is 0 Å². The number of para-hydroxylation sites is 3. The lowest BCUT2D eigenvalue weighted by atomic mass is 9.63. The molecule has 6 heteroatoms. The fourth-order valence-corrected chi connectivity index (χ4v) is 9.78. The molecule has 11 aromatic rings. The molecule has 0 aliphatic heterocycles. The summed E-state index contributed by atoms with van der Waals surface area (Å²) in [5, 5.41) is 6.98. The Morgan fingerprint density at radius 2 is 1.00 bits per heavy atom. The Labute approximate surface area is 341 Å². The Bertz CT molecular complexity index is 3500. The molecule has 0 spiro atoms. The minimum Gasteiger partial charge on any atom is -0.456 e. The lowest BCUT2D eigenvalue weighted by Gasteiger charge is -2.42. The molecule has 1 aliphatic rings. The van der Waals surface area contributed by atoms with E-state index in [1.165, 1.54) is 38.2 Å². The molecule has 6 nitrogen and oxygen atoms in total. The van der Waals surface area contributed by atoms with Gasteiger partial charge in [0.1, 0.15) is 11.2 Å². The van der Waals surface area contributed by atoms with E-state index in [9.17, 15) is 0 Å². The molecule has 12 rings (SSSR count). The number of hydrogen-bond acceptors (Lipinski definition) is 4. The van der Waals surface area contributed by atoms with Crippen LogP contribution in [-0.2, 0) is 10.8 Å². The Morgan fingerprint density at radius 3 is 1.78 bits per heavy atom. The Morgan fingerprint density at radius 1 is 0.424 bits per heavy atom. The fourth-order valence-electron chi connectivity index (χ4n) is 9.78. The van der Waals surface area contributed by atoms with E-state index >= 15 is 0 Å². The molecule has 0 bridgehead atoms. The zero-order valence-electron chi connectivity index (χ0n) is 33.5. The minimum atomic E-state index is 0.00654. The van der Waals surface area contributed by atoms with E-state index in [-0.39, 0.29) is 10.8 Å². The SMILES string of the molecule is CC1(C)CCC(C)(C)c2cc3c(cc21)c1cc2c4ccccc4n(-c4ccccc4)c2cc1n3-c1nc(-c2ccccc2)nc(-c2ccc3c(c2)oc2ccccc23)n1. The van der Waals surface area contributed by atoms with Crippen LogP contribution in [0.25, 0.3) is 100.0 Å². The van der Waals surface area contributed by atoms with Crippen molar-refractivity contribution in [1.29, 1.82) is 0 Å². The first-order valence-electron chi connectivity index (χ1n) is 20.6. The quantitative estimate of drug-likeness (QED) is 0.179. The Kier molecular flexibility index (Phi) is 7.05. The molecular weight excluding hydrogens is 723 g/mol. The van der Waals surface area contributed by atoms with Gasteiger partial charge in [-0.25, -0.2) is 4.98 Å². The maximum absolute atomic E-state index is 6.37. The van der Waals surface area contributed by atoms with Gasteiger partial charge in [0.05, 0.1) is 22.1 Å². The third-order valence-electron chi connectivity index (χ3n) is 13.0. The van der Waals surface area contributed by atoms with Gasteiger partial charge in [-0.05, 0) is 95.5 Å². The monoisotopic (exact) mass is 763 g/mol. The van der Waals surface area contributed by atoms with Crippen molar-refractivity contribution < 1.29 is 4.42 Å². The summed E-state index contributed by atoms with van der Waals surface area (Å²) in [6, 6.07) is 53.8. The molecule has 1 aliphatic carbocycles. The van der Waals surface area contributed by atoms with Gasteiger partial charge in [0.15, 0.2) is 11.6 Å². The van der Waals surface area contributed by atoms with Gasteiger partial charge in [-0.15, -0.1) is 0 Å². The summed E-state index contributed by atoms with van der Waals surface area (Å²) in [4.78, 5) is 15.9. The van der Waals surface area contributed by atoms with Gasteiger partial charge >= 0.3 is 0 Å². The van der Waals surface area contributed by atoms with Gasteiger partial charge in [-0.3, -0.25) is 4.57 Å². The number of fused-ring (bicyclic) bond motifs is 10. The lowest BCUT2D eigenvalue weighted by molar-refractivity contribution is 0.332. The highest BCUT2D eigenvalue weighted by Gasteiger charge is 2.38. The summed E-state index contributed by atoms with van der Waals surface area (Å²) in [5.74, 6) is 1.78. The number of benzene rings is 7. The molecule has 0 amide bonds. The molecule has 284 valence electrons. The van der Waals surface area contributed by atoms with Gasteiger partial charge < -0.3 is 8.98 Å². The van der Waals surface area contributed by atoms with Crippen molar-refractivity contribution in [3.8, 4) is 34.4 Å². The van der Waals surface area contributed by atoms with Crippen LogP contribution in [-0.4, -0.2) is 24.1 Å². The van der Waals surface area contributed by atoms with Crippen LogP contribution >= 0.6 is 0 Å². The molecule has 4 heterocycles. The highest BCUT2D eigenvalue weighted by atomic mass is 16.3. The normalized spacial score (nSPS) is 14.9. The fraction of sp³-hybridized carbons (Fsp3) is 0.151. The van der Waals surface area contributed by atoms with E-state index in [4.69, 9.17) is 19.4 Å². The van der Waals surface area contributed by atoms with Crippen molar-refractivity contribution >= 4 is 65.6 Å². The van der Waals surface area contributed by atoms with E-state index in [2.05, 4.69) is 152 Å². The van der Waals surface area contributed by atoms with E-state index in [0.29, 0.717) is 17.6 Å². The predicted molar refractivity (Wildman–Crippen MR) is 242 cm³/mol. The second-order valence-corrected chi connectivity index (χ2v) is 17.6. The third kappa shape index (κ3) is 5.08. The molecule has 4 aromatic heterocycles. The van der Waals surface area contributed by atoms with Crippen LogP contribution < -0.4 is 0 Å². The molecule has 0 atom stereocenters. The molecule has 0 fully saturated rings. The predicted octanol–water partition coefficient (Wildman–Crippen LogP) is 13.6. The van der Waals surface area contributed by atoms with Gasteiger partial charge in [0.2, 0.25) is 5.95 Å². The third-order valence-corrected chi connectivity index (χ3v) is 13.0. The highest BCUT2D eigenvalue weighted by Crippen LogP contribution is 2.49. The summed E-state index contributed by atoms with van der Waals surface area (Å²) >= 11 is 0. The van der Waals surface area contributed by atoms with E-state index in [0.717, 1.165) is 68.1 Å². The van der Waals surface area contributed by atoms with Crippen molar-refractivity contribution in [2.24, 2.45) is 0 Å². The average Bonchev–Trinajstić information content (AvgIpc) is 3.91. The molecule has 0 radical (unpaired) electrons. The summed E-state index contributed by atoms with van der Waals surface area (Å²) in [6.45, 7) is 9.60. The van der Waals surface area contributed by atoms with Crippen LogP contribution in [0.1, 0.15) is 51.7 Å². The van der Waals surface area contributed by atoms with Crippen molar-refractivity contribution in [2.75, 3.05) is 0 Å². The first kappa shape index (κ1) is 34.0. The van der Waals surface area contributed by atoms with Crippen molar-refractivity contribution in [3.05, 3.63) is 163 Å². The Hall–Kier alpha value is -7.05. The highest BCUT2D eigenvalue weighted by molar-refractivity contribution is 6.19. The summed E-state index contributed by atoms with van der Waals surface area (Å²) in [6.07, 6.45) is 2.26. The minimum absolute atomic E-state index is 0.00654. The lowest BCUT2D eigenvalue weighted by Crippen LogP contribution is -2.33.